The van der Waals surface area contributed by atoms with Gasteiger partial charge in [-0.15, -0.1) is 11.8 Å². The van der Waals surface area contributed by atoms with Crippen molar-refractivity contribution in [1.29, 1.82) is 0 Å². The molecule has 0 unspecified atom stereocenters. The smallest absolute Gasteiger partial charge is 0.339 e. The largest absolute Gasteiger partial charge is 0.465 e. The van der Waals surface area contributed by atoms with Crippen molar-refractivity contribution in [3.8, 4) is 0 Å². The number of hydrogen-bond acceptors (Lipinski definition) is 6. The number of nitrogen functional groups attached to an aromatic ring is 1. The average Bonchev–Trinajstić information content (AvgIpc) is 2.33. The average molecular weight is 332 g/mol. The van der Waals surface area contributed by atoms with E-state index < -0.39 is 17.5 Å². The van der Waals surface area contributed by atoms with Crippen molar-refractivity contribution in [2.45, 2.75) is 31.3 Å². The zero-order valence-electron chi connectivity index (χ0n) is 12.4. The first-order valence-corrected chi connectivity index (χ1v) is 7.52. The summed E-state index contributed by atoms with van der Waals surface area (Å²) in [6.07, 6.45) is 0. The fraction of sp³-hybridized carbons (Fsp3) is 0.429. The Balaban J connectivity index is 2.93. The second kappa shape index (κ2) is 7.04. The summed E-state index contributed by atoms with van der Waals surface area (Å²) in [6.45, 7) is 5.35. The van der Waals surface area contributed by atoms with E-state index in [4.69, 9.17) is 26.8 Å². The van der Waals surface area contributed by atoms with Gasteiger partial charge >= 0.3 is 11.9 Å². The highest BCUT2D eigenvalue weighted by Gasteiger charge is 2.20. The fourth-order valence-electron chi connectivity index (χ4n) is 1.52. The van der Waals surface area contributed by atoms with Crippen LogP contribution in [0.4, 0.5) is 5.69 Å². The van der Waals surface area contributed by atoms with Crippen LogP contribution < -0.4 is 5.73 Å². The normalized spacial score (nSPS) is 11.1. The van der Waals surface area contributed by atoms with Crippen LogP contribution in [0.3, 0.4) is 0 Å². The first-order chi connectivity index (χ1) is 9.64. The van der Waals surface area contributed by atoms with Crippen molar-refractivity contribution in [2.24, 2.45) is 0 Å². The standard InChI is InChI=1S/C14H18ClNO4S/c1-14(2,3)20-11(17)7-21-12-9(13(18)19-4)5-8(16)6-10(12)15/h5-6H,7,16H2,1-4H3. The zero-order valence-corrected chi connectivity index (χ0v) is 13.9. The molecule has 0 radical (unpaired) electrons. The summed E-state index contributed by atoms with van der Waals surface area (Å²) in [7, 11) is 1.27. The minimum absolute atomic E-state index is 0.0326. The SMILES string of the molecule is COC(=O)c1cc(N)cc(Cl)c1SCC(=O)OC(C)(C)C. The van der Waals surface area contributed by atoms with E-state index in [1.165, 1.54) is 19.2 Å². The Hall–Kier alpha value is -1.40. The molecule has 0 amide bonds. The highest BCUT2D eigenvalue weighted by Crippen LogP contribution is 2.33. The highest BCUT2D eigenvalue weighted by molar-refractivity contribution is 8.00. The van der Waals surface area contributed by atoms with Crippen LogP contribution in [0.15, 0.2) is 17.0 Å². The Labute approximate surface area is 133 Å². The van der Waals surface area contributed by atoms with Crippen molar-refractivity contribution in [3.63, 3.8) is 0 Å². The van der Waals surface area contributed by atoms with Gasteiger partial charge in [0.2, 0.25) is 0 Å². The van der Waals surface area contributed by atoms with Crippen LogP contribution in [0.2, 0.25) is 5.02 Å². The molecule has 0 spiro atoms. The minimum Gasteiger partial charge on any atom is -0.465 e. The third kappa shape index (κ3) is 5.47. The van der Waals surface area contributed by atoms with E-state index >= 15 is 0 Å². The van der Waals surface area contributed by atoms with Gasteiger partial charge in [0.1, 0.15) is 5.60 Å². The number of ether oxygens (including phenoxy) is 2. The molecule has 1 aromatic carbocycles. The molecule has 0 heterocycles. The number of nitrogens with two attached hydrogens (primary N) is 1. The van der Waals surface area contributed by atoms with Crippen molar-refractivity contribution in [3.05, 3.63) is 22.7 Å². The Bertz CT molecular complexity index is 555. The van der Waals surface area contributed by atoms with Gasteiger partial charge in [0.25, 0.3) is 0 Å². The van der Waals surface area contributed by atoms with E-state index in [2.05, 4.69) is 0 Å². The predicted molar refractivity (Wildman–Crippen MR) is 83.8 cm³/mol. The molecular formula is C14H18ClNO4S. The summed E-state index contributed by atoms with van der Waals surface area (Å²) < 4.78 is 9.90. The summed E-state index contributed by atoms with van der Waals surface area (Å²) >= 11 is 7.20. The molecule has 0 aliphatic carbocycles. The molecule has 0 atom stereocenters. The number of esters is 2. The number of carbonyl (C=O) groups excluding carboxylic acids is 2. The molecule has 1 aromatic rings. The van der Waals surface area contributed by atoms with Crippen molar-refractivity contribution in [1.82, 2.24) is 0 Å². The van der Waals surface area contributed by atoms with Crippen LogP contribution in [0.5, 0.6) is 0 Å². The Morgan fingerprint density at radius 1 is 1.33 bits per heavy atom. The van der Waals surface area contributed by atoms with Gasteiger partial charge in [0.05, 0.1) is 23.4 Å². The number of hydrogen-bond donors (Lipinski definition) is 1. The number of anilines is 1. The van der Waals surface area contributed by atoms with E-state index in [1.54, 1.807) is 20.8 Å². The van der Waals surface area contributed by atoms with E-state index in [0.717, 1.165) is 11.8 Å². The lowest BCUT2D eigenvalue weighted by Gasteiger charge is -2.19. The molecule has 7 heteroatoms. The number of benzene rings is 1. The van der Waals surface area contributed by atoms with Crippen LogP contribution in [0.25, 0.3) is 0 Å². The highest BCUT2D eigenvalue weighted by atomic mass is 35.5. The van der Waals surface area contributed by atoms with Crippen molar-refractivity contribution < 1.29 is 19.1 Å². The first kappa shape index (κ1) is 17.7. The lowest BCUT2D eigenvalue weighted by Crippen LogP contribution is -2.25. The first-order valence-electron chi connectivity index (χ1n) is 6.16. The molecule has 2 N–H and O–H groups in total. The molecule has 0 bridgehead atoms. The molecule has 0 saturated carbocycles. The van der Waals surface area contributed by atoms with Gasteiger partial charge in [-0.05, 0) is 32.9 Å². The second-order valence-corrected chi connectivity index (χ2v) is 6.64. The van der Waals surface area contributed by atoms with Crippen LogP contribution >= 0.6 is 23.4 Å². The summed E-state index contributed by atoms with van der Waals surface area (Å²) in [5, 5.41) is 0.295. The van der Waals surface area contributed by atoms with Gasteiger partial charge in [0.15, 0.2) is 0 Å². The summed E-state index contributed by atoms with van der Waals surface area (Å²) in [4.78, 5) is 23.9. The maximum atomic E-state index is 11.7. The van der Waals surface area contributed by atoms with E-state index in [-0.39, 0.29) is 11.3 Å². The second-order valence-electron chi connectivity index (χ2n) is 5.25. The summed E-state index contributed by atoms with van der Waals surface area (Å²) in [6, 6.07) is 2.99. The Morgan fingerprint density at radius 2 is 1.95 bits per heavy atom. The molecule has 1 rings (SSSR count). The number of thioether (sulfide) groups is 1. The molecule has 0 saturated heterocycles. The molecule has 0 aliphatic heterocycles. The molecule has 0 aromatic heterocycles. The van der Waals surface area contributed by atoms with E-state index in [0.29, 0.717) is 15.6 Å². The molecule has 5 nitrogen and oxygen atoms in total. The van der Waals surface area contributed by atoms with Crippen LogP contribution in [-0.2, 0) is 14.3 Å². The maximum Gasteiger partial charge on any atom is 0.339 e. The third-order valence-corrected chi connectivity index (χ3v) is 3.74. The summed E-state index contributed by atoms with van der Waals surface area (Å²) in [5.41, 5.74) is 5.69. The van der Waals surface area contributed by atoms with Gasteiger partial charge in [0, 0.05) is 10.6 Å². The molecule has 0 aliphatic rings. The van der Waals surface area contributed by atoms with Crippen LogP contribution in [0, 0.1) is 0 Å². The van der Waals surface area contributed by atoms with Crippen molar-refractivity contribution >= 4 is 41.0 Å². The van der Waals surface area contributed by atoms with Gasteiger partial charge < -0.3 is 15.2 Å². The van der Waals surface area contributed by atoms with E-state index in [9.17, 15) is 9.59 Å². The van der Waals surface area contributed by atoms with E-state index in [1.807, 2.05) is 0 Å². The lowest BCUT2D eigenvalue weighted by atomic mass is 10.2. The molecule has 21 heavy (non-hydrogen) atoms. The Morgan fingerprint density at radius 3 is 2.48 bits per heavy atom. The molecular weight excluding hydrogens is 314 g/mol. The maximum absolute atomic E-state index is 11.7. The van der Waals surface area contributed by atoms with Crippen molar-refractivity contribution in [2.75, 3.05) is 18.6 Å². The third-order valence-electron chi connectivity index (χ3n) is 2.23. The van der Waals surface area contributed by atoms with Gasteiger partial charge in [-0.2, -0.15) is 0 Å². The minimum atomic E-state index is -0.562. The predicted octanol–water partition coefficient (Wildman–Crippen LogP) is 3.14. The van der Waals surface area contributed by atoms with Crippen LogP contribution in [-0.4, -0.2) is 30.4 Å². The topological polar surface area (TPSA) is 78.6 Å². The monoisotopic (exact) mass is 331 g/mol. The van der Waals surface area contributed by atoms with Gasteiger partial charge in [-0.3, -0.25) is 4.79 Å². The molecule has 116 valence electrons. The fourth-order valence-corrected chi connectivity index (χ4v) is 2.73. The Kier molecular flexibility index (Phi) is 5.92. The van der Waals surface area contributed by atoms with Crippen LogP contribution in [0.1, 0.15) is 31.1 Å². The number of halogens is 1. The lowest BCUT2D eigenvalue weighted by molar-refractivity contribution is -0.151. The van der Waals surface area contributed by atoms with Gasteiger partial charge in [-0.25, -0.2) is 4.79 Å². The number of carbonyl (C=O) groups is 2. The van der Waals surface area contributed by atoms with Gasteiger partial charge in [-0.1, -0.05) is 11.6 Å². The molecule has 0 fully saturated rings. The zero-order chi connectivity index (χ0) is 16.2. The summed E-state index contributed by atoms with van der Waals surface area (Å²) in [5.74, 6) is -0.919. The quantitative estimate of drug-likeness (QED) is 0.518. The number of methoxy groups -OCH3 is 1. The number of rotatable bonds is 4.